The van der Waals surface area contributed by atoms with Gasteiger partial charge in [0, 0.05) is 24.5 Å². The summed E-state index contributed by atoms with van der Waals surface area (Å²) in [7, 11) is 0. The van der Waals surface area contributed by atoms with Crippen molar-refractivity contribution in [2.45, 2.75) is 51.5 Å². The smallest absolute Gasteiger partial charge is 0.264 e. The summed E-state index contributed by atoms with van der Waals surface area (Å²) in [6, 6.07) is 0. The zero-order valence-corrected chi connectivity index (χ0v) is 16.4. The largest absolute Gasteiger partial charge is 0.346 e. The van der Waals surface area contributed by atoms with Gasteiger partial charge in [0.25, 0.3) is 5.56 Å². The first-order valence-corrected chi connectivity index (χ1v) is 10.7. The van der Waals surface area contributed by atoms with Crippen LogP contribution >= 0.6 is 11.3 Å². The van der Waals surface area contributed by atoms with Crippen LogP contribution in [0.2, 0.25) is 0 Å². The van der Waals surface area contributed by atoms with E-state index in [1.54, 1.807) is 22.0 Å². The molecule has 0 unspecified atom stereocenters. The first kappa shape index (κ1) is 18.2. The van der Waals surface area contributed by atoms with Crippen LogP contribution in [-0.4, -0.2) is 40.0 Å². The Morgan fingerprint density at radius 2 is 1.96 bits per heavy atom. The van der Waals surface area contributed by atoms with Crippen molar-refractivity contribution in [3.05, 3.63) is 33.4 Å². The normalized spacial score (nSPS) is 17.0. The molecule has 2 aromatic heterocycles. The van der Waals surface area contributed by atoms with Crippen LogP contribution in [0, 0.1) is 0 Å². The summed E-state index contributed by atoms with van der Waals surface area (Å²) in [5.74, 6) is 0.538. The molecule has 0 aromatic carbocycles. The molecule has 2 aliphatic rings. The number of anilines is 1. The second-order valence-electron chi connectivity index (χ2n) is 7.33. The van der Waals surface area contributed by atoms with Crippen LogP contribution in [-0.2, 0) is 24.2 Å². The van der Waals surface area contributed by atoms with Gasteiger partial charge in [-0.2, -0.15) is 0 Å². The van der Waals surface area contributed by atoms with Crippen LogP contribution in [0.3, 0.4) is 0 Å². The molecular formula is C20H26N4O2S. The van der Waals surface area contributed by atoms with E-state index in [4.69, 9.17) is 4.98 Å². The van der Waals surface area contributed by atoms with Crippen molar-refractivity contribution in [2.24, 2.45) is 0 Å². The number of rotatable bonds is 5. The second kappa shape index (κ2) is 7.84. The number of amides is 1. The highest BCUT2D eigenvalue weighted by Gasteiger charge is 2.22. The number of carbonyl (C=O) groups excluding carboxylic acids is 1. The molecule has 6 nitrogen and oxygen atoms in total. The average molecular weight is 387 g/mol. The Bertz CT molecular complexity index is 924. The monoisotopic (exact) mass is 386 g/mol. The fourth-order valence-electron chi connectivity index (χ4n) is 4.08. The van der Waals surface area contributed by atoms with Crippen LogP contribution in [0.15, 0.2) is 17.4 Å². The van der Waals surface area contributed by atoms with Gasteiger partial charge in [0.1, 0.15) is 4.83 Å². The Morgan fingerprint density at radius 3 is 2.74 bits per heavy atom. The predicted molar refractivity (Wildman–Crippen MR) is 110 cm³/mol. The van der Waals surface area contributed by atoms with E-state index >= 15 is 0 Å². The lowest BCUT2D eigenvalue weighted by Crippen LogP contribution is -2.39. The zero-order chi connectivity index (χ0) is 18.8. The summed E-state index contributed by atoms with van der Waals surface area (Å²) in [6.07, 6.45) is 9.33. The standard InChI is InChI=1S/C20H26N4O2S/c1-2-10-24-19(26)17-14-8-4-5-9-15(14)27-18(17)22-20(24)21-13-16(25)23-11-6-3-7-12-23/h2H,1,3-13H2,(H,21,22). The van der Waals surface area contributed by atoms with Gasteiger partial charge in [-0.3, -0.25) is 14.2 Å². The van der Waals surface area contributed by atoms with Gasteiger partial charge in [0.05, 0.1) is 11.9 Å². The maximum atomic E-state index is 13.2. The highest BCUT2D eigenvalue weighted by molar-refractivity contribution is 7.18. The van der Waals surface area contributed by atoms with Gasteiger partial charge in [-0.05, 0) is 50.5 Å². The van der Waals surface area contributed by atoms with E-state index in [-0.39, 0.29) is 18.0 Å². The molecule has 1 fully saturated rings. The Labute approximate surface area is 162 Å². The van der Waals surface area contributed by atoms with Crippen LogP contribution in [0.1, 0.15) is 42.5 Å². The van der Waals surface area contributed by atoms with E-state index in [1.807, 2.05) is 4.90 Å². The number of hydrogen-bond donors (Lipinski definition) is 1. The molecule has 1 aliphatic heterocycles. The van der Waals surface area contributed by atoms with Gasteiger partial charge in [0.15, 0.2) is 0 Å². The van der Waals surface area contributed by atoms with Gasteiger partial charge in [0.2, 0.25) is 11.9 Å². The molecule has 1 aliphatic carbocycles. The minimum absolute atomic E-state index is 0.0211. The number of allylic oxidation sites excluding steroid dienone is 1. The highest BCUT2D eigenvalue weighted by atomic mass is 32.1. The lowest BCUT2D eigenvalue weighted by Gasteiger charge is -2.27. The lowest BCUT2D eigenvalue weighted by atomic mass is 9.97. The first-order valence-electron chi connectivity index (χ1n) is 9.86. The lowest BCUT2D eigenvalue weighted by molar-refractivity contribution is -0.130. The van der Waals surface area contributed by atoms with Gasteiger partial charge in [-0.1, -0.05) is 6.08 Å². The Hall–Kier alpha value is -2.15. The third kappa shape index (κ3) is 3.52. The van der Waals surface area contributed by atoms with Crippen molar-refractivity contribution in [1.29, 1.82) is 0 Å². The average Bonchev–Trinajstić information content (AvgIpc) is 3.07. The second-order valence-corrected chi connectivity index (χ2v) is 8.41. The first-order chi connectivity index (χ1) is 13.2. The van der Waals surface area contributed by atoms with E-state index in [0.717, 1.165) is 55.4 Å². The van der Waals surface area contributed by atoms with E-state index in [2.05, 4.69) is 11.9 Å². The van der Waals surface area contributed by atoms with Crippen molar-refractivity contribution in [3.63, 3.8) is 0 Å². The molecule has 0 spiro atoms. The third-order valence-corrected chi connectivity index (χ3v) is 6.68. The Morgan fingerprint density at radius 1 is 1.19 bits per heavy atom. The number of nitrogens with one attached hydrogen (secondary N) is 1. The molecule has 3 heterocycles. The molecule has 144 valence electrons. The van der Waals surface area contributed by atoms with Crippen molar-refractivity contribution >= 4 is 33.4 Å². The van der Waals surface area contributed by atoms with Crippen LogP contribution in [0.25, 0.3) is 10.2 Å². The van der Waals surface area contributed by atoms with E-state index in [1.165, 1.54) is 23.3 Å². The van der Waals surface area contributed by atoms with Gasteiger partial charge >= 0.3 is 0 Å². The molecule has 0 radical (unpaired) electrons. The van der Waals surface area contributed by atoms with Crippen LogP contribution < -0.4 is 10.9 Å². The fraction of sp³-hybridized carbons (Fsp3) is 0.550. The Balaban J connectivity index is 1.64. The van der Waals surface area contributed by atoms with Crippen molar-refractivity contribution < 1.29 is 4.79 Å². The van der Waals surface area contributed by atoms with Crippen molar-refractivity contribution in [1.82, 2.24) is 14.5 Å². The summed E-state index contributed by atoms with van der Waals surface area (Å²) < 4.78 is 1.61. The van der Waals surface area contributed by atoms with E-state index in [9.17, 15) is 9.59 Å². The number of hydrogen-bond acceptors (Lipinski definition) is 5. The molecule has 0 atom stereocenters. The molecule has 1 amide bonds. The van der Waals surface area contributed by atoms with Crippen LogP contribution in [0.5, 0.6) is 0 Å². The van der Waals surface area contributed by atoms with Gasteiger partial charge in [-0.25, -0.2) is 4.98 Å². The number of piperidine rings is 1. The van der Waals surface area contributed by atoms with E-state index in [0.29, 0.717) is 12.5 Å². The number of aromatic nitrogens is 2. The number of nitrogens with zero attached hydrogens (tertiary/aromatic N) is 3. The van der Waals surface area contributed by atoms with Crippen LogP contribution in [0.4, 0.5) is 5.95 Å². The molecule has 7 heteroatoms. The molecule has 27 heavy (non-hydrogen) atoms. The molecule has 4 rings (SSSR count). The molecule has 1 N–H and O–H groups in total. The summed E-state index contributed by atoms with van der Waals surface area (Å²) in [6.45, 7) is 5.97. The number of thiophene rings is 1. The highest BCUT2D eigenvalue weighted by Crippen LogP contribution is 2.34. The molecule has 0 bridgehead atoms. The maximum Gasteiger partial charge on any atom is 0.264 e. The SMILES string of the molecule is C=CCn1c(NCC(=O)N2CCCCC2)nc2sc3c(c2c1=O)CCCC3. The quantitative estimate of drug-likeness (QED) is 0.803. The minimum Gasteiger partial charge on any atom is -0.346 e. The summed E-state index contributed by atoms with van der Waals surface area (Å²) in [5.41, 5.74) is 1.17. The number of carbonyl (C=O) groups is 1. The molecule has 0 saturated carbocycles. The molecular weight excluding hydrogens is 360 g/mol. The van der Waals surface area contributed by atoms with Crippen molar-refractivity contribution in [3.8, 4) is 0 Å². The van der Waals surface area contributed by atoms with Crippen molar-refractivity contribution in [2.75, 3.05) is 25.0 Å². The molecule has 1 saturated heterocycles. The summed E-state index contributed by atoms with van der Waals surface area (Å²) in [5, 5.41) is 3.90. The van der Waals surface area contributed by atoms with E-state index < -0.39 is 0 Å². The summed E-state index contributed by atoms with van der Waals surface area (Å²) in [4.78, 5) is 34.4. The Kier molecular flexibility index (Phi) is 5.29. The summed E-state index contributed by atoms with van der Waals surface area (Å²) >= 11 is 1.63. The topological polar surface area (TPSA) is 67.2 Å². The number of aryl methyl sites for hydroxylation is 2. The fourth-order valence-corrected chi connectivity index (χ4v) is 5.33. The zero-order valence-electron chi connectivity index (χ0n) is 15.6. The molecule has 2 aromatic rings. The maximum absolute atomic E-state index is 13.2. The third-order valence-electron chi connectivity index (χ3n) is 5.49. The van der Waals surface area contributed by atoms with Gasteiger partial charge in [-0.15, -0.1) is 17.9 Å². The minimum atomic E-state index is -0.0211. The number of fused-ring (bicyclic) bond motifs is 3. The number of likely N-dealkylation sites (tertiary alicyclic amines) is 1. The predicted octanol–water partition coefficient (Wildman–Crippen LogP) is 2.95. The van der Waals surface area contributed by atoms with Gasteiger partial charge < -0.3 is 10.2 Å².